The van der Waals surface area contributed by atoms with E-state index in [2.05, 4.69) is 10.4 Å². The molecule has 10 heteroatoms. The number of halogens is 3. The van der Waals surface area contributed by atoms with E-state index in [9.17, 15) is 28.3 Å². The molecule has 1 amide bonds. The Hall–Kier alpha value is -5.40. The van der Waals surface area contributed by atoms with Gasteiger partial charge < -0.3 is 15.2 Å². The summed E-state index contributed by atoms with van der Waals surface area (Å²) in [5, 5.41) is 26.6. The first-order valence-electron chi connectivity index (χ1n) is 12.8. The first kappa shape index (κ1) is 28.1. The molecule has 7 nitrogen and oxygen atoms in total. The van der Waals surface area contributed by atoms with Crippen LogP contribution in [-0.4, -0.2) is 20.8 Å². The number of nitrogens with one attached hydrogen (secondary N) is 1. The smallest absolute Gasteiger partial charge is 0.435 e. The standard InChI is InChI=1S/C32H23F3N4O3/c33-32(34,35)29-18-27(39(38-29)25-13-6-10-22(16-25)19-36)31(41)37-24-12-7-11-23(17-24)30(40)26-14-4-5-15-28(26)42-20-21-8-2-1-3-9-21/h1-18,30,40H,20H2,(H,37,41). The quantitative estimate of drug-likeness (QED) is 0.218. The van der Waals surface area contributed by atoms with Crippen molar-refractivity contribution in [2.75, 3.05) is 5.32 Å². The molecule has 1 atom stereocenters. The van der Waals surface area contributed by atoms with E-state index in [1.54, 1.807) is 42.5 Å². The minimum Gasteiger partial charge on any atom is -0.489 e. The number of benzene rings is 4. The van der Waals surface area contributed by atoms with Crippen LogP contribution in [0.3, 0.4) is 0 Å². The Kier molecular flexibility index (Phi) is 8.04. The molecule has 5 aromatic rings. The second kappa shape index (κ2) is 12.0. The van der Waals surface area contributed by atoms with Crippen molar-refractivity contribution >= 4 is 11.6 Å². The Morgan fingerprint density at radius 3 is 2.45 bits per heavy atom. The lowest BCUT2D eigenvalue weighted by Gasteiger charge is -2.17. The monoisotopic (exact) mass is 568 g/mol. The summed E-state index contributed by atoms with van der Waals surface area (Å²) >= 11 is 0. The van der Waals surface area contributed by atoms with Gasteiger partial charge in [-0.15, -0.1) is 0 Å². The normalized spacial score (nSPS) is 11.9. The van der Waals surface area contributed by atoms with E-state index in [4.69, 9.17) is 4.74 Å². The molecule has 1 unspecified atom stereocenters. The lowest BCUT2D eigenvalue weighted by atomic mass is 10.00. The number of nitrogens with zero attached hydrogens (tertiary/aromatic N) is 3. The first-order valence-corrected chi connectivity index (χ1v) is 12.8. The number of hydrogen-bond donors (Lipinski definition) is 2. The third-order valence-electron chi connectivity index (χ3n) is 6.36. The van der Waals surface area contributed by atoms with Crippen molar-refractivity contribution in [2.45, 2.75) is 18.9 Å². The third-order valence-corrected chi connectivity index (χ3v) is 6.36. The zero-order valence-electron chi connectivity index (χ0n) is 21.9. The highest BCUT2D eigenvalue weighted by atomic mass is 19.4. The van der Waals surface area contributed by atoms with E-state index in [-0.39, 0.29) is 22.6 Å². The molecular weight excluding hydrogens is 545 g/mol. The maximum absolute atomic E-state index is 13.5. The van der Waals surface area contributed by atoms with E-state index in [1.807, 2.05) is 36.4 Å². The number of carbonyl (C=O) groups excluding carboxylic acids is 1. The van der Waals surface area contributed by atoms with Gasteiger partial charge in [0.2, 0.25) is 0 Å². The van der Waals surface area contributed by atoms with Gasteiger partial charge >= 0.3 is 6.18 Å². The van der Waals surface area contributed by atoms with Gasteiger partial charge in [-0.1, -0.05) is 66.7 Å². The van der Waals surface area contributed by atoms with Crippen molar-refractivity contribution in [2.24, 2.45) is 0 Å². The van der Waals surface area contributed by atoms with Gasteiger partial charge in [0.15, 0.2) is 5.69 Å². The van der Waals surface area contributed by atoms with Crippen LogP contribution in [0.1, 0.15) is 44.5 Å². The number of hydrogen-bond acceptors (Lipinski definition) is 5. The van der Waals surface area contributed by atoms with Crippen LogP contribution in [0, 0.1) is 11.3 Å². The average Bonchev–Trinajstić information content (AvgIpc) is 3.47. The molecule has 0 fully saturated rings. The first-order chi connectivity index (χ1) is 20.2. The van der Waals surface area contributed by atoms with E-state index in [0.717, 1.165) is 10.2 Å². The number of anilines is 1. The number of carbonyl (C=O) groups is 1. The van der Waals surface area contributed by atoms with Crippen molar-refractivity contribution in [1.82, 2.24) is 9.78 Å². The topological polar surface area (TPSA) is 100 Å². The van der Waals surface area contributed by atoms with E-state index in [1.165, 1.54) is 30.3 Å². The number of aromatic nitrogens is 2. The summed E-state index contributed by atoms with van der Waals surface area (Å²) in [6.45, 7) is 0.297. The van der Waals surface area contributed by atoms with Gasteiger partial charge in [0, 0.05) is 17.3 Å². The molecule has 1 aromatic heterocycles. The molecule has 0 spiro atoms. The maximum atomic E-state index is 13.5. The molecule has 4 aromatic carbocycles. The molecular formula is C32H23F3N4O3. The minimum absolute atomic E-state index is 0.117. The fourth-order valence-corrected chi connectivity index (χ4v) is 4.32. The molecule has 0 saturated carbocycles. The van der Waals surface area contributed by atoms with Gasteiger partial charge in [-0.05, 0) is 47.5 Å². The second-order valence-electron chi connectivity index (χ2n) is 9.28. The molecule has 0 aliphatic heterocycles. The molecule has 0 radical (unpaired) electrons. The van der Waals surface area contributed by atoms with E-state index < -0.39 is 23.9 Å². The number of aliphatic hydroxyl groups excluding tert-OH is 1. The predicted octanol–water partition coefficient (Wildman–Crippen LogP) is 6.68. The number of para-hydroxylation sites is 1. The van der Waals surface area contributed by atoms with Gasteiger partial charge in [-0.3, -0.25) is 4.79 Å². The number of alkyl halides is 3. The summed E-state index contributed by atoms with van der Waals surface area (Å²) in [5.41, 5.74) is 0.792. The minimum atomic E-state index is -4.80. The molecule has 0 bridgehead atoms. The van der Waals surface area contributed by atoms with Gasteiger partial charge in [-0.2, -0.15) is 23.5 Å². The number of nitriles is 1. The second-order valence-corrected chi connectivity index (χ2v) is 9.28. The van der Waals surface area contributed by atoms with Crippen LogP contribution in [0.2, 0.25) is 0 Å². The van der Waals surface area contributed by atoms with Crippen LogP contribution < -0.4 is 10.1 Å². The van der Waals surface area contributed by atoms with Crippen LogP contribution in [-0.2, 0) is 12.8 Å². The van der Waals surface area contributed by atoms with Crippen LogP contribution in [0.15, 0.2) is 109 Å². The summed E-state index contributed by atoms with van der Waals surface area (Å²) in [6.07, 6.45) is -5.92. The number of amides is 1. The molecule has 210 valence electrons. The van der Waals surface area contributed by atoms with Crippen molar-refractivity contribution in [3.8, 4) is 17.5 Å². The fraction of sp³-hybridized carbons (Fsp3) is 0.0938. The predicted molar refractivity (Wildman–Crippen MR) is 149 cm³/mol. The van der Waals surface area contributed by atoms with Crippen LogP contribution in [0.4, 0.5) is 18.9 Å². The summed E-state index contributed by atoms with van der Waals surface area (Å²) in [5.74, 6) is -0.384. The molecule has 0 aliphatic rings. The van der Waals surface area contributed by atoms with Crippen LogP contribution in [0.25, 0.3) is 5.69 Å². The number of rotatable bonds is 8. The van der Waals surface area contributed by atoms with Gasteiger partial charge in [0.25, 0.3) is 5.91 Å². The maximum Gasteiger partial charge on any atom is 0.435 e. The molecule has 1 heterocycles. The summed E-state index contributed by atoms with van der Waals surface area (Å²) in [6, 6.07) is 31.2. The van der Waals surface area contributed by atoms with Crippen molar-refractivity contribution in [3.63, 3.8) is 0 Å². The average molecular weight is 569 g/mol. The Bertz CT molecular complexity index is 1760. The molecule has 0 aliphatic carbocycles. The van der Waals surface area contributed by atoms with Gasteiger partial charge in [-0.25, -0.2) is 4.68 Å². The fourth-order valence-electron chi connectivity index (χ4n) is 4.32. The van der Waals surface area contributed by atoms with Crippen molar-refractivity contribution in [3.05, 3.63) is 143 Å². The lowest BCUT2D eigenvalue weighted by Crippen LogP contribution is -2.17. The van der Waals surface area contributed by atoms with Crippen molar-refractivity contribution in [1.29, 1.82) is 5.26 Å². The van der Waals surface area contributed by atoms with E-state index >= 15 is 0 Å². The van der Waals surface area contributed by atoms with Crippen molar-refractivity contribution < 1.29 is 27.8 Å². The summed E-state index contributed by atoms with van der Waals surface area (Å²) in [4.78, 5) is 13.2. The number of ether oxygens (including phenoxy) is 1. The zero-order valence-corrected chi connectivity index (χ0v) is 21.9. The lowest BCUT2D eigenvalue weighted by molar-refractivity contribution is -0.141. The Balaban J connectivity index is 1.40. The molecule has 2 N–H and O–H groups in total. The highest BCUT2D eigenvalue weighted by molar-refractivity contribution is 6.03. The summed E-state index contributed by atoms with van der Waals surface area (Å²) in [7, 11) is 0. The summed E-state index contributed by atoms with van der Waals surface area (Å²) < 4.78 is 47.4. The van der Waals surface area contributed by atoms with Crippen LogP contribution in [0.5, 0.6) is 5.75 Å². The third kappa shape index (κ3) is 6.32. The van der Waals surface area contributed by atoms with Gasteiger partial charge in [0.05, 0.1) is 17.3 Å². The van der Waals surface area contributed by atoms with Gasteiger partial charge in [0.1, 0.15) is 24.2 Å². The highest BCUT2D eigenvalue weighted by Crippen LogP contribution is 2.33. The largest absolute Gasteiger partial charge is 0.489 e. The Labute approximate surface area is 239 Å². The molecule has 42 heavy (non-hydrogen) atoms. The van der Waals surface area contributed by atoms with Crippen LogP contribution >= 0.6 is 0 Å². The zero-order chi connectivity index (χ0) is 29.7. The van der Waals surface area contributed by atoms with E-state index in [0.29, 0.717) is 29.5 Å². The highest BCUT2D eigenvalue weighted by Gasteiger charge is 2.36. The Morgan fingerprint density at radius 2 is 1.69 bits per heavy atom. The Morgan fingerprint density at radius 1 is 0.952 bits per heavy atom. The molecule has 0 saturated heterocycles. The number of aliphatic hydroxyl groups is 1. The SMILES string of the molecule is N#Cc1cccc(-n2nc(C(F)(F)F)cc2C(=O)Nc2cccc(C(O)c3ccccc3OCc3ccccc3)c2)c1. The molecule has 5 rings (SSSR count).